The highest BCUT2D eigenvalue weighted by Gasteiger charge is 2.22. The lowest BCUT2D eigenvalue weighted by molar-refractivity contribution is -0.0520. The van der Waals surface area contributed by atoms with Crippen LogP contribution in [0.15, 0.2) is 48.7 Å². The molecule has 0 amide bonds. The lowest BCUT2D eigenvalue weighted by Gasteiger charge is -2.18. The summed E-state index contributed by atoms with van der Waals surface area (Å²) < 4.78 is 38.5. The molecule has 1 heterocycles. The molecule has 1 saturated carbocycles. The SMILES string of the molecule is N#CC1CCc2nn(-c3cccc(-c4ccc(OC(F)F)c(OC5CCCC5)c4)c3)cc2C1. The molecular formula is C26H25F2N3O2. The first-order chi connectivity index (χ1) is 16.1. The third-order valence-corrected chi connectivity index (χ3v) is 6.46. The van der Waals surface area contributed by atoms with Crippen LogP contribution in [0.25, 0.3) is 16.8 Å². The molecule has 2 aliphatic carbocycles. The average Bonchev–Trinajstić information content (AvgIpc) is 3.49. The molecule has 0 saturated heterocycles. The van der Waals surface area contributed by atoms with Crippen LogP contribution >= 0.6 is 0 Å². The van der Waals surface area contributed by atoms with E-state index in [1.807, 2.05) is 35.1 Å². The molecule has 0 radical (unpaired) electrons. The van der Waals surface area contributed by atoms with Crippen molar-refractivity contribution in [3.8, 4) is 34.4 Å². The van der Waals surface area contributed by atoms with Gasteiger partial charge in [-0.2, -0.15) is 19.1 Å². The van der Waals surface area contributed by atoms with Crippen LogP contribution in [-0.2, 0) is 12.8 Å². The zero-order valence-electron chi connectivity index (χ0n) is 18.2. The second-order valence-corrected chi connectivity index (χ2v) is 8.73. The molecule has 33 heavy (non-hydrogen) atoms. The normalized spacial score (nSPS) is 18.2. The molecule has 5 rings (SSSR count). The summed E-state index contributed by atoms with van der Waals surface area (Å²) in [4.78, 5) is 0. The van der Waals surface area contributed by atoms with E-state index in [4.69, 9.17) is 14.6 Å². The summed E-state index contributed by atoms with van der Waals surface area (Å²) in [6.07, 6.45) is 8.44. The number of benzene rings is 2. The van der Waals surface area contributed by atoms with E-state index in [9.17, 15) is 14.0 Å². The highest BCUT2D eigenvalue weighted by atomic mass is 19.3. The van der Waals surface area contributed by atoms with E-state index in [1.54, 1.807) is 18.2 Å². The number of hydrogen-bond donors (Lipinski definition) is 0. The number of halogens is 2. The van der Waals surface area contributed by atoms with Crippen LogP contribution in [0.2, 0.25) is 0 Å². The van der Waals surface area contributed by atoms with Gasteiger partial charge in [-0.05, 0) is 85.9 Å². The summed E-state index contributed by atoms with van der Waals surface area (Å²) in [7, 11) is 0. The van der Waals surface area contributed by atoms with E-state index in [0.717, 1.165) is 73.0 Å². The van der Waals surface area contributed by atoms with Gasteiger partial charge in [-0.1, -0.05) is 18.2 Å². The minimum Gasteiger partial charge on any atom is -0.487 e. The van der Waals surface area contributed by atoms with Crippen molar-refractivity contribution in [1.82, 2.24) is 9.78 Å². The molecular weight excluding hydrogens is 424 g/mol. The molecule has 0 bridgehead atoms. The largest absolute Gasteiger partial charge is 0.487 e. The Kier molecular flexibility index (Phi) is 5.99. The lowest BCUT2D eigenvalue weighted by Crippen LogP contribution is -2.13. The summed E-state index contributed by atoms with van der Waals surface area (Å²) in [6.45, 7) is -2.91. The van der Waals surface area contributed by atoms with Gasteiger partial charge >= 0.3 is 6.61 Å². The van der Waals surface area contributed by atoms with Crippen molar-refractivity contribution < 1.29 is 18.3 Å². The van der Waals surface area contributed by atoms with Crippen LogP contribution < -0.4 is 9.47 Å². The van der Waals surface area contributed by atoms with Crippen LogP contribution in [0.4, 0.5) is 8.78 Å². The molecule has 2 aliphatic rings. The molecule has 0 aliphatic heterocycles. The number of alkyl halides is 2. The zero-order chi connectivity index (χ0) is 22.8. The van der Waals surface area contributed by atoms with Crippen molar-refractivity contribution in [3.63, 3.8) is 0 Å². The van der Waals surface area contributed by atoms with Crippen molar-refractivity contribution in [3.05, 3.63) is 59.9 Å². The standard InChI is InChI=1S/C26H25F2N3O2/c27-26(28)33-24-11-9-19(14-25(24)32-22-6-1-2-7-22)18-4-3-5-21(13-18)31-16-20-12-17(15-29)8-10-23(20)30-31/h3-5,9,11,13-14,16-17,22,26H,1-2,6-8,10,12H2. The average molecular weight is 450 g/mol. The molecule has 0 spiro atoms. The Morgan fingerprint density at radius 3 is 2.64 bits per heavy atom. The topological polar surface area (TPSA) is 60.1 Å². The second-order valence-electron chi connectivity index (χ2n) is 8.73. The van der Waals surface area contributed by atoms with Crippen molar-refractivity contribution in [2.45, 2.75) is 57.7 Å². The fourth-order valence-corrected chi connectivity index (χ4v) is 4.73. The monoisotopic (exact) mass is 449 g/mol. The number of hydrogen-bond acceptors (Lipinski definition) is 4. The van der Waals surface area contributed by atoms with Gasteiger partial charge in [0, 0.05) is 6.20 Å². The van der Waals surface area contributed by atoms with E-state index in [0.29, 0.717) is 5.75 Å². The smallest absolute Gasteiger partial charge is 0.387 e. The number of aromatic nitrogens is 2. The van der Waals surface area contributed by atoms with Crippen molar-refractivity contribution in [2.24, 2.45) is 5.92 Å². The van der Waals surface area contributed by atoms with Gasteiger partial charge in [0.25, 0.3) is 0 Å². The molecule has 1 fully saturated rings. The first kappa shape index (κ1) is 21.4. The van der Waals surface area contributed by atoms with Crippen molar-refractivity contribution in [2.75, 3.05) is 0 Å². The van der Waals surface area contributed by atoms with Gasteiger partial charge < -0.3 is 9.47 Å². The molecule has 0 N–H and O–H groups in total. The molecule has 3 aromatic rings. The second kappa shape index (κ2) is 9.22. The van der Waals surface area contributed by atoms with Gasteiger partial charge in [-0.15, -0.1) is 0 Å². The highest BCUT2D eigenvalue weighted by molar-refractivity contribution is 5.69. The summed E-state index contributed by atoms with van der Waals surface area (Å²) in [5, 5.41) is 14.0. The van der Waals surface area contributed by atoms with E-state index in [-0.39, 0.29) is 17.8 Å². The summed E-state index contributed by atoms with van der Waals surface area (Å²) >= 11 is 0. The molecule has 2 aromatic carbocycles. The fraction of sp³-hybridized carbons (Fsp3) is 0.385. The van der Waals surface area contributed by atoms with E-state index >= 15 is 0 Å². The first-order valence-electron chi connectivity index (χ1n) is 11.4. The molecule has 1 aromatic heterocycles. The molecule has 5 nitrogen and oxygen atoms in total. The molecule has 1 atom stereocenters. The maximum Gasteiger partial charge on any atom is 0.387 e. The summed E-state index contributed by atoms with van der Waals surface area (Å²) in [6, 6.07) is 15.4. The minimum absolute atomic E-state index is 0.0271. The van der Waals surface area contributed by atoms with Crippen molar-refractivity contribution >= 4 is 0 Å². The van der Waals surface area contributed by atoms with Gasteiger partial charge in [-0.25, -0.2) is 4.68 Å². The molecule has 170 valence electrons. The predicted octanol–water partition coefficient (Wildman–Crippen LogP) is 6.09. The summed E-state index contributed by atoms with van der Waals surface area (Å²) in [5.74, 6) is 0.458. The Morgan fingerprint density at radius 1 is 1.03 bits per heavy atom. The van der Waals surface area contributed by atoms with Gasteiger partial charge in [0.15, 0.2) is 11.5 Å². The van der Waals surface area contributed by atoms with Gasteiger partial charge in [-0.3, -0.25) is 0 Å². The third kappa shape index (κ3) is 4.70. The number of nitriles is 1. The van der Waals surface area contributed by atoms with Crippen LogP contribution in [0.3, 0.4) is 0 Å². The van der Waals surface area contributed by atoms with Crippen LogP contribution in [0, 0.1) is 17.2 Å². The van der Waals surface area contributed by atoms with E-state index < -0.39 is 6.61 Å². The van der Waals surface area contributed by atoms with Gasteiger partial charge in [0.05, 0.1) is 29.5 Å². The van der Waals surface area contributed by atoms with Crippen LogP contribution in [0.5, 0.6) is 11.5 Å². The van der Waals surface area contributed by atoms with Gasteiger partial charge in [0.2, 0.25) is 0 Å². The first-order valence-corrected chi connectivity index (χ1v) is 11.4. The maximum absolute atomic E-state index is 12.9. The van der Waals surface area contributed by atoms with Crippen LogP contribution in [0.1, 0.15) is 43.4 Å². The third-order valence-electron chi connectivity index (χ3n) is 6.46. The fourth-order valence-electron chi connectivity index (χ4n) is 4.73. The summed E-state index contributed by atoms with van der Waals surface area (Å²) in [5.41, 5.74) is 4.86. The van der Waals surface area contributed by atoms with Gasteiger partial charge in [0.1, 0.15) is 0 Å². The number of aryl methyl sites for hydroxylation is 1. The molecule has 1 unspecified atom stereocenters. The van der Waals surface area contributed by atoms with E-state index in [1.165, 1.54) is 0 Å². The Balaban J connectivity index is 1.44. The Labute approximate surface area is 191 Å². The number of fused-ring (bicyclic) bond motifs is 1. The number of rotatable bonds is 6. The zero-order valence-corrected chi connectivity index (χ0v) is 18.2. The number of ether oxygens (including phenoxy) is 2. The Bertz CT molecular complexity index is 1180. The lowest BCUT2D eigenvalue weighted by atomic mass is 9.89. The maximum atomic E-state index is 12.9. The van der Waals surface area contributed by atoms with E-state index in [2.05, 4.69) is 6.07 Å². The Hall–Kier alpha value is -3.40. The minimum atomic E-state index is -2.91. The predicted molar refractivity (Wildman–Crippen MR) is 120 cm³/mol. The molecule has 7 heteroatoms. The Morgan fingerprint density at radius 2 is 1.85 bits per heavy atom. The van der Waals surface area contributed by atoms with Crippen LogP contribution in [-0.4, -0.2) is 22.5 Å². The highest BCUT2D eigenvalue weighted by Crippen LogP contribution is 2.37. The quantitative estimate of drug-likeness (QED) is 0.457. The van der Waals surface area contributed by atoms with Crippen molar-refractivity contribution in [1.29, 1.82) is 5.26 Å². The number of nitrogens with zero attached hydrogens (tertiary/aromatic N) is 3.